The molecule has 0 aliphatic carbocycles. The molecule has 1 aliphatic rings. The smallest absolute Gasteiger partial charge is 0.138 e. The molecule has 11 aromatic rings. The quantitative estimate of drug-likeness (QED) is 0.0331. The number of nitrogens with zero attached hydrogens (tertiary/aromatic N) is 15. The van der Waals surface area contributed by atoms with Crippen LogP contribution in [0.3, 0.4) is 0 Å². The average molecular weight is 1800 g/mol. The molecule has 6 heterocycles. The number of allylic oxidation sites excluding steroid dienone is 2. The molecule has 130 heavy (non-hydrogen) atoms. The van der Waals surface area contributed by atoms with Crippen LogP contribution < -0.4 is 23.7 Å². The maximum Gasteiger partial charge on any atom is 0.138 e. The molecule has 0 amide bonds. The fraction of sp³-hybridized carbons (Fsp3) is 0.491. The van der Waals surface area contributed by atoms with Gasteiger partial charge in [0, 0.05) is 114 Å². The number of halogens is 1. The van der Waals surface area contributed by atoms with Gasteiger partial charge in [-0.3, -0.25) is 23.4 Å². The highest BCUT2D eigenvalue weighted by molar-refractivity contribution is 6.32. The second-order valence-electron chi connectivity index (χ2n) is 35.8. The maximum absolute atomic E-state index is 6.40. The van der Waals surface area contributed by atoms with E-state index >= 15 is 0 Å². The van der Waals surface area contributed by atoms with Crippen molar-refractivity contribution in [1.82, 2.24) is 73.4 Å². The van der Waals surface area contributed by atoms with Gasteiger partial charge in [0.2, 0.25) is 0 Å². The highest BCUT2D eigenvalue weighted by Crippen LogP contribution is 2.37. The van der Waals surface area contributed by atoms with Crippen molar-refractivity contribution in [3.63, 3.8) is 0 Å². The highest BCUT2D eigenvalue weighted by Gasteiger charge is 2.26. The minimum absolute atomic E-state index is 0.104. The van der Waals surface area contributed by atoms with Crippen LogP contribution in [0.15, 0.2) is 202 Å². The van der Waals surface area contributed by atoms with Gasteiger partial charge in [-0.05, 0) is 297 Å². The van der Waals surface area contributed by atoms with E-state index in [1.807, 2.05) is 176 Å². The first-order chi connectivity index (χ1) is 62.6. The lowest BCUT2D eigenvalue weighted by Crippen LogP contribution is -2.19. The predicted octanol–water partition coefficient (Wildman–Crippen LogP) is 24.4. The molecule has 6 aromatic carbocycles. The largest absolute Gasteiger partial charge is 0.491 e. The molecular formula is C108H156ClN15O6. The zero-order chi connectivity index (χ0) is 94.0. The topological polar surface area (TPSA) is 161 Å². The van der Waals surface area contributed by atoms with E-state index in [1.54, 1.807) is 0 Å². The highest BCUT2D eigenvalue weighted by atomic mass is 35.5. The monoisotopic (exact) mass is 1790 g/mol. The number of ether oxygens (including phenoxy) is 6. The summed E-state index contributed by atoms with van der Waals surface area (Å²) in [6.45, 7) is 52.9. The summed E-state index contributed by atoms with van der Waals surface area (Å²) in [5.74, 6) is 4.32. The number of aromatic nitrogens is 10. The van der Waals surface area contributed by atoms with Crippen LogP contribution in [-0.4, -0.2) is 185 Å². The van der Waals surface area contributed by atoms with Crippen LogP contribution in [0.5, 0.6) is 28.7 Å². The summed E-state index contributed by atoms with van der Waals surface area (Å²) in [5, 5.41) is 24.1. The van der Waals surface area contributed by atoms with Crippen molar-refractivity contribution in [2.75, 3.05) is 81.2 Å². The van der Waals surface area contributed by atoms with Gasteiger partial charge in [-0.25, -0.2) is 0 Å². The number of rotatable bonds is 47. The van der Waals surface area contributed by atoms with Crippen molar-refractivity contribution in [1.29, 1.82) is 0 Å². The van der Waals surface area contributed by atoms with Crippen molar-refractivity contribution in [3.8, 4) is 85.0 Å². The molecular weight excluding hydrogens is 1640 g/mol. The summed E-state index contributed by atoms with van der Waals surface area (Å²) in [6, 6.07) is 50.0. The summed E-state index contributed by atoms with van der Waals surface area (Å²) >= 11 is 6.40. The van der Waals surface area contributed by atoms with Crippen molar-refractivity contribution in [2.24, 2.45) is 7.05 Å². The summed E-state index contributed by atoms with van der Waals surface area (Å²) in [6.07, 6.45) is 28.0. The van der Waals surface area contributed by atoms with Gasteiger partial charge in [-0.15, -0.1) is 13.2 Å². The molecule has 1 aliphatic heterocycles. The lowest BCUT2D eigenvalue weighted by Gasteiger charge is -2.19. The summed E-state index contributed by atoms with van der Waals surface area (Å²) < 4.78 is 44.6. The molecule has 1 fully saturated rings. The molecule has 1 atom stereocenters. The Morgan fingerprint density at radius 2 is 0.792 bits per heavy atom. The molecule has 0 radical (unpaired) electrons. The molecule has 0 saturated carbocycles. The Kier molecular flexibility index (Phi) is 45.3. The molecule has 5 aromatic heterocycles. The molecule has 22 heteroatoms. The zero-order valence-corrected chi connectivity index (χ0v) is 83.5. The Bertz CT molecular complexity index is 4990. The van der Waals surface area contributed by atoms with E-state index in [0.29, 0.717) is 17.6 Å². The Morgan fingerprint density at radius 3 is 1.19 bits per heavy atom. The Morgan fingerprint density at radius 1 is 0.423 bits per heavy atom. The molecule has 0 N–H and O–H groups in total. The van der Waals surface area contributed by atoms with Crippen LogP contribution in [0.25, 0.3) is 56.3 Å². The number of hydrogen-bond donors (Lipinski definition) is 0. The van der Waals surface area contributed by atoms with Gasteiger partial charge < -0.3 is 52.9 Å². The fourth-order valence-corrected chi connectivity index (χ4v) is 15.7. The Labute approximate surface area is 785 Å². The second-order valence-corrected chi connectivity index (χ2v) is 36.3. The number of benzene rings is 6. The van der Waals surface area contributed by atoms with Crippen LogP contribution in [0.4, 0.5) is 0 Å². The summed E-state index contributed by atoms with van der Waals surface area (Å²) in [5.41, 5.74) is 18.8. The van der Waals surface area contributed by atoms with Crippen LogP contribution in [-0.2, 0) is 64.1 Å². The molecule has 1 unspecified atom stereocenters. The average Bonchev–Trinajstić information content (AvgIpc) is 1.69. The third-order valence-corrected chi connectivity index (χ3v) is 22.1. The normalized spacial score (nSPS) is 12.6. The van der Waals surface area contributed by atoms with Gasteiger partial charge in [-0.2, -0.15) is 25.5 Å². The lowest BCUT2D eigenvalue weighted by atomic mass is 10.1. The molecule has 0 bridgehead atoms. The minimum Gasteiger partial charge on any atom is -0.491 e. The third-order valence-electron chi connectivity index (χ3n) is 21.8. The van der Waals surface area contributed by atoms with E-state index in [1.165, 1.54) is 115 Å². The summed E-state index contributed by atoms with van der Waals surface area (Å²) in [7, 11) is 12.8. The van der Waals surface area contributed by atoms with Crippen molar-refractivity contribution < 1.29 is 28.4 Å². The van der Waals surface area contributed by atoms with E-state index in [-0.39, 0.29) is 30.5 Å². The molecule has 1 saturated heterocycles. The van der Waals surface area contributed by atoms with Gasteiger partial charge >= 0.3 is 0 Å². The van der Waals surface area contributed by atoms with Gasteiger partial charge in [0.15, 0.2) is 0 Å². The van der Waals surface area contributed by atoms with Crippen LogP contribution in [0.1, 0.15) is 214 Å². The SMILES string of the molecule is C=CCn1cc(CN(C)CCCC)c(-c2ccc(OC(C)C)cc2)n1.C=CCn1ncc(CN(C)CCCC)c1-c1ccc(OC(C)C)cc1.CCCCN(C)Cc1cn(Cc2ccccc2)nc1-c1ccc(OC(C)C)cc1.CCCCN(C)Cc1cnn(C)c1-c1ccc(OC(C)C)c(Cl)c1.CCCCN(C)Cc1cnn(C2CCOC2)c1-c1ccc(OC(C)C)cc1. The van der Waals surface area contributed by atoms with E-state index in [4.69, 9.17) is 55.3 Å². The van der Waals surface area contributed by atoms with Gasteiger partial charge in [0.05, 0.1) is 115 Å². The minimum atomic E-state index is 0.104. The molecule has 706 valence electrons. The van der Waals surface area contributed by atoms with Gasteiger partial charge in [0.25, 0.3) is 0 Å². The van der Waals surface area contributed by atoms with E-state index in [0.717, 1.165) is 166 Å². The van der Waals surface area contributed by atoms with Crippen LogP contribution in [0.2, 0.25) is 5.02 Å². The zero-order valence-electron chi connectivity index (χ0n) is 82.7. The summed E-state index contributed by atoms with van der Waals surface area (Å²) in [4.78, 5) is 11.8. The third kappa shape index (κ3) is 34.9. The fourth-order valence-electron chi connectivity index (χ4n) is 15.5. The first-order valence-corrected chi connectivity index (χ1v) is 48.1. The van der Waals surface area contributed by atoms with Crippen molar-refractivity contribution in [2.45, 2.75) is 263 Å². The Balaban J connectivity index is 0.000000201. The molecule has 12 rings (SSSR count). The number of unbranched alkanes of at least 4 members (excludes halogenated alkanes) is 5. The van der Waals surface area contributed by atoms with E-state index in [9.17, 15) is 0 Å². The second kappa shape index (κ2) is 55.9. The molecule has 21 nitrogen and oxygen atoms in total. The molecule has 0 spiro atoms. The van der Waals surface area contributed by atoms with Crippen molar-refractivity contribution >= 4 is 11.6 Å². The maximum atomic E-state index is 6.40. The van der Waals surface area contributed by atoms with E-state index < -0.39 is 0 Å². The van der Waals surface area contributed by atoms with Crippen molar-refractivity contribution in [3.05, 3.63) is 240 Å². The lowest BCUT2D eigenvalue weighted by molar-refractivity contribution is 0.185. The van der Waals surface area contributed by atoms with E-state index in [2.05, 4.69) is 230 Å². The van der Waals surface area contributed by atoms with Crippen LogP contribution in [0, 0.1) is 0 Å². The van der Waals surface area contributed by atoms with Gasteiger partial charge in [0.1, 0.15) is 28.7 Å². The van der Waals surface area contributed by atoms with Gasteiger partial charge in [-0.1, -0.05) is 121 Å². The number of aryl methyl sites for hydroxylation is 1. The standard InChI is InChI=1S/C25H33N3O.C22H33N3O2.2C21H31N3O.C19H28ClN3O/c1-5-6-16-27(4)18-23-19-28(17-21-10-8-7-9-11-21)26-25(23)22-12-14-24(15-13-22)29-20(2)3;1-5-6-12-24(4)15-19-14-23-25(20-11-13-26-16-20)22(19)18-7-9-21(10-8-18)27-17(2)3;1-6-8-14-23(5)15-19-16-24(13-7-2)22-21(19)18-9-11-20(12-10-18)25-17(3)4;1-6-8-14-23(5)16-19-15-22-24(13-7-2)21(19)18-9-11-20(12-10-18)25-17(3)4;1-6-7-10-22(4)13-16-12-21-23(5)19(16)15-8-9-18(17(20)11-15)24-14(2)3/h7-15,19-20H,5-6,16-18H2,1-4H3;7-10,14,17,20H,5-6,11-13,15-16H2,1-4H3;7,9-12,16-17H,2,6,8,13-15H2,1,3-5H3;7,9-12,15,17H,2,6,8,13-14,16H2,1,3-5H3;8-9,11-12,14H,6-7,10,13H2,1-5H3. The Hall–Kier alpha value is -10.1. The first-order valence-electron chi connectivity index (χ1n) is 47.7. The first kappa shape index (κ1) is 105. The predicted molar refractivity (Wildman–Crippen MR) is 540 cm³/mol. The number of hydrogen-bond acceptors (Lipinski definition) is 16. The van der Waals surface area contributed by atoms with Crippen LogP contribution >= 0.6 is 11.6 Å².